The molecule has 0 N–H and O–H groups in total. The fraction of sp³-hybridized carbons (Fsp3) is 0.300. The Balaban J connectivity index is 1.58. The molecule has 27 heavy (non-hydrogen) atoms. The van der Waals surface area contributed by atoms with Crippen LogP contribution < -0.4 is 9.47 Å². The van der Waals surface area contributed by atoms with Crippen molar-refractivity contribution in [2.75, 3.05) is 26.4 Å². The molecule has 1 heterocycles. The molecule has 0 saturated carbocycles. The Hall–Kier alpha value is -3.09. The quantitative estimate of drug-likeness (QED) is 0.729. The number of benzene rings is 2. The number of rotatable bonds is 6. The Bertz CT molecular complexity index is 839. The molecule has 0 aromatic heterocycles. The molecule has 0 unspecified atom stereocenters. The van der Waals surface area contributed by atoms with Gasteiger partial charge in [-0.25, -0.2) is 9.18 Å². The van der Waals surface area contributed by atoms with E-state index in [0.29, 0.717) is 37.8 Å². The van der Waals surface area contributed by atoms with Crippen LogP contribution in [0.4, 0.5) is 4.39 Å². The Morgan fingerprint density at radius 2 is 1.89 bits per heavy atom. The molecule has 1 amide bonds. The minimum Gasteiger partial charge on any atom is -0.486 e. The molecular formula is C20H20FNO5. The van der Waals surface area contributed by atoms with Crippen LogP contribution >= 0.6 is 0 Å². The summed E-state index contributed by atoms with van der Waals surface area (Å²) in [5.74, 6) is -0.275. The predicted octanol–water partition coefficient (Wildman–Crippen LogP) is 2.80. The lowest BCUT2D eigenvalue weighted by Gasteiger charge is -2.23. The Kier molecular flexibility index (Phi) is 5.90. The van der Waals surface area contributed by atoms with E-state index in [1.165, 1.54) is 18.2 Å². The second-order valence-electron chi connectivity index (χ2n) is 5.97. The normalized spacial score (nSPS) is 12.4. The highest BCUT2D eigenvalue weighted by Crippen LogP contribution is 2.31. The second kappa shape index (κ2) is 8.53. The van der Waals surface area contributed by atoms with Crippen LogP contribution in [-0.4, -0.2) is 43.1 Å². The van der Waals surface area contributed by atoms with Crippen LogP contribution in [-0.2, 0) is 16.1 Å². The monoisotopic (exact) mass is 373 g/mol. The highest BCUT2D eigenvalue weighted by molar-refractivity contribution is 5.91. The first-order chi connectivity index (χ1) is 13.1. The number of carbonyl (C=O) groups excluding carboxylic acids is 2. The maximum absolute atomic E-state index is 13.2. The molecule has 7 heteroatoms. The molecule has 0 fully saturated rings. The van der Waals surface area contributed by atoms with Gasteiger partial charge in [-0.3, -0.25) is 4.79 Å². The zero-order valence-corrected chi connectivity index (χ0v) is 14.9. The zero-order chi connectivity index (χ0) is 19.2. The van der Waals surface area contributed by atoms with Crippen molar-refractivity contribution in [3.8, 4) is 11.5 Å². The summed E-state index contributed by atoms with van der Waals surface area (Å²) in [5.41, 5.74) is 0.948. The summed E-state index contributed by atoms with van der Waals surface area (Å²) in [6.45, 7) is 3.23. The van der Waals surface area contributed by atoms with E-state index >= 15 is 0 Å². The van der Waals surface area contributed by atoms with Crippen LogP contribution in [0.15, 0.2) is 42.5 Å². The molecule has 6 nitrogen and oxygen atoms in total. The number of halogens is 1. The summed E-state index contributed by atoms with van der Waals surface area (Å²) in [7, 11) is 0. The van der Waals surface area contributed by atoms with Gasteiger partial charge in [0.25, 0.3) is 5.91 Å². The van der Waals surface area contributed by atoms with Gasteiger partial charge >= 0.3 is 5.97 Å². The fourth-order valence-corrected chi connectivity index (χ4v) is 2.70. The fourth-order valence-electron chi connectivity index (χ4n) is 2.70. The maximum Gasteiger partial charge on any atom is 0.338 e. The third kappa shape index (κ3) is 4.75. The van der Waals surface area contributed by atoms with E-state index in [1.807, 2.05) is 25.1 Å². The first kappa shape index (κ1) is 18.7. The van der Waals surface area contributed by atoms with Crippen molar-refractivity contribution in [3.63, 3.8) is 0 Å². The van der Waals surface area contributed by atoms with E-state index in [0.717, 1.165) is 11.6 Å². The molecule has 142 valence electrons. The third-order valence-electron chi connectivity index (χ3n) is 4.10. The van der Waals surface area contributed by atoms with E-state index in [2.05, 4.69) is 0 Å². The summed E-state index contributed by atoms with van der Waals surface area (Å²) in [5, 5.41) is 0. The van der Waals surface area contributed by atoms with Crippen molar-refractivity contribution in [2.24, 2.45) is 0 Å². The molecule has 2 aromatic rings. The van der Waals surface area contributed by atoms with Crippen molar-refractivity contribution < 1.29 is 28.2 Å². The molecule has 1 aliphatic heterocycles. The van der Waals surface area contributed by atoms with Crippen LogP contribution in [0.5, 0.6) is 11.5 Å². The lowest BCUT2D eigenvalue weighted by atomic mass is 10.1. The predicted molar refractivity (Wildman–Crippen MR) is 95.2 cm³/mol. The minimum atomic E-state index is -0.738. The molecule has 1 aliphatic rings. The van der Waals surface area contributed by atoms with Crippen LogP contribution in [0.25, 0.3) is 0 Å². The number of likely N-dealkylation sites (N-methyl/N-ethyl adjacent to an activating group) is 1. The standard InChI is InChI=1S/C20H20FNO5/c1-2-22(12-14-6-7-17-18(10-14)26-9-8-25-17)19(23)13-27-20(24)15-4-3-5-16(21)11-15/h3-7,10-11H,2,8-9,12-13H2,1H3. The number of esters is 1. The van der Waals surface area contributed by atoms with Crippen molar-refractivity contribution in [3.05, 3.63) is 59.4 Å². The van der Waals surface area contributed by atoms with Gasteiger partial charge in [-0.2, -0.15) is 0 Å². The Morgan fingerprint density at radius 3 is 2.63 bits per heavy atom. The van der Waals surface area contributed by atoms with Gasteiger partial charge in [0.1, 0.15) is 19.0 Å². The molecule has 0 bridgehead atoms. The number of hydrogen-bond acceptors (Lipinski definition) is 5. The van der Waals surface area contributed by atoms with Crippen molar-refractivity contribution in [1.82, 2.24) is 4.90 Å². The summed E-state index contributed by atoms with van der Waals surface area (Å²) >= 11 is 0. The van der Waals surface area contributed by atoms with Crippen molar-refractivity contribution >= 4 is 11.9 Å². The maximum atomic E-state index is 13.2. The van der Waals surface area contributed by atoms with Gasteiger partial charge in [0.15, 0.2) is 18.1 Å². The molecule has 0 aliphatic carbocycles. The average molecular weight is 373 g/mol. The van der Waals surface area contributed by atoms with Crippen LogP contribution in [0, 0.1) is 5.82 Å². The van der Waals surface area contributed by atoms with E-state index < -0.39 is 18.4 Å². The van der Waals surface area contributed by atoms with Crippen LogP contribution in [0.2, 0.25) is 0 Å². The largest absolute Gasteiger partial charge is 0.486 e. The molecule has 2 aromatic carbocycles. The van der Waals surface area contributed by atoms with E-state index in [9.17, 15) is 14.0 Å². The van der Waals surface area contributed by atoms with Gasteiger partial charge in [-0.15, -0.1) is 0 Å². The first-order valence-electron chi connectivity index (χ1n) is 8.66. The number of fused-ring (bicyclic) bond motifs is 1. The van der Waals surface area contributed by atoms with Gasteiger partial charge in [-0.1, -0.05) is 12.1 Å². The van der Waals surface area contributed by atoms with E-state index in [1.54, 1.807) is 4.90 Å². The van der Waals surface area contributed by atoms with Crippen molar-refractivity contribution in [2.45, 2.75) is 13.5 Å². The molecule has 0 saturated heterocycles. The van der Waals surface area contributed by atoms with Gasteiger partial charge < -0.3 is 19.1 Å². The zero-order valence-electron chi connectivity index (χ0n) is 14.9. The number of ether oxygens (including phenoxy) is 3. The number of amides is 1. The van der Waals surface area contributed by atoms with Crippen LogP contribution in [0.1, 0.15) is 22.8 Å². The third-order valence-corrected chi connectivity index (χ3v) is 4.10. The number of hydrogen-bond donors (Lipinski definition) is 0. The van der Waals surface area contributed by atoms with E-state index in [4.69, 9.17) is 14.2 Å². The first-order valence-corrected chi connectivity index (χ1v) is 8.66. The van der Waals surface area contributed by atoms with Gasteiger partial charge in [0, 0.05) is 13.1 Å². The lowest BCUT2D eigenvalue weighted by molar-refractivity contribution is -0.134. The molecular weight excluding hydrogens is 353 g/mol. The highest BCUT2D eigenvalue weighted by Gasteiger charge is 2.18. The molecule has 0 atom stereocenters. The summed E-state index contributed by atoms with van der Waals surface area (Å²) in [6, 6.07) is 10.7. The summed E-state index contributed by atoms with van der Waals surface area (Å²) in [6.07, 6.45) is 0. The SMILES string of the molecule is CCN(Cc1ccc2c(c1)OCCO2)C(=O)COC(=O)c1cccc(F)c1. The number of nitrogens with zero attached hydrogens (tertiary/aromatic N) is 1. The average Bonchev–Trinajstić information content (AvgIpc) is 2.69. The van der Waals surface area contributed by atoms with Crippen molar-refractivity contribution in [1.29, 1.82) is 0 Å². The number of carbonyl (C=O) groups is 2. The van der Waals surface area contributed by atoms with Gasteiger partial charge in [0.05, 0.1) is 5.56 Å². The topological polar surface area (TPSA) is 65.1 Å². The molecule has 0 radical (unpaired) electrons. The highest BCUT2D eigenvalue weighted by atomic mass is 19.1. The van der Waals surface area contributed by atoms with Crippen LogP contribution in [0.3, 0.4) is 0 Å². The second-order valence-corrected chi connectivity index (χ2v) is 5.97. The van der Waals surface area contributed by atoms with Gasteiger partial charge in [-0.05, 0) is 42.8 Å². The van der Waals surface area contributed by atoms with E-state index in [-0.39, 0.29) is 11.5 Å². The molecule has 0 spiro atoms. The Labute approximate surface area is 156 Å². The Morgan fingerprint density at radius 1 is 1.11 bits per heavy atom. The smallest absolute Gasteiger partial charge is 0.338 e. The summed E-state index contributed by atoms with van der Waals surface area (Å²) < 4.78 is 29.2. The lowest BCUT2D eigenvalue weighted by Crippen LogP contribution is -2.34. The van der Waals surface area contributed by atoms with Gasteiger partial charge in [0.2, 0.25) is 0 Å². The minimum absolute atomic E-state index is 0.0673. The summed E-state index contributed by atoms with van der Waals surface area (Å²) in [4.78, 5) is 25.9. The molecule has 3 rings (SSSR count).